The zero-order valence-electron chi connectivity index (χ0n) is 14.3. The van der Waals surface area contributed by atoms with Gasteiger partial charge in [-0.15, -0.1) is 0 Å². The first kappa shape index (κ1) is 16.7. The zero-order chi connectivity index (χ0) is 17.8. The number of nitrogens with zero attached hydrogens (tertiary/aromatic N) is 3. The van der Waals surface area contributed by atoms with Gasteiger partial charge in [0.15, 0.2) is 0 Å². The van der Waals surface area contributed by atoms with Gasteiger partial charge in [0.2, 0.25) is 0 Å². The number of aliphatic imine (C=N–C) groups is 1. The molecule has 0 bridgehead atoms. The Morgan fingerprint density at radius 1 is 1.24 bits per heavy atom. The number of benzene rings is 2. The lowest BCUT2D eigenvalue weighted by molar-refractivity contribution is 0.0601. The number of amidine groups is 1. The SMILES string of the molecule is COC(=O)c1cc(C)ccc1/N=C1\CCCN1c1ccc(C#N)cc1. The molecule has 25 heavy (non-hydrogen) atoms. The average Bonchev–Trinajstić information content (AvgIpc) is 3.10. The highest BCUT2D eigenvalue weighted by atomic mass is 16.5. The molecule has 1 saturated heterocycles. The maximum absolute atomic E-state index is 12.0. The Kier molecular flexibility index (Phi) is 4.80. The number of carbonyl (C=O) groups excluding carboxylic acids is 1. The van der Waals surface area contributed by atoms with Crippen LogP contribution in [0.15, 0.2) is 47.5 Å². The Bertz CT molecular complexity index is 864. The highest BCUT2D eigenvalue weighted by Crippen LogP contribution is 2.27. The molecule has 0 N–H and O–H groups in total. The minimum Gasteiger partial charge on any atom is -0.465 e. The number of hydrogen-bond donors (Lipinski definition) is 0. The van der Waals surface area contributed by atoms with Crippen molar-refractivity contribution in [3.05, 3.63) is 59.2 Å². The van der Waals surface area contributed by atoms with Crippen LogP contribution in [0.1, 0.15) is 34.3 Å². The molecule has 2 aromatic rings. The molecule has 0 amide bonds. The van der Waals surface area contributed by atoms with Crippen LogP contribution in [-0.4, -0.2) is 25.5 Å². The van der Waals surface area contributed by atoms with Crippen molar-refractivity contribution in [1.29, 1.82) is 5.26 Å². The highest BCUT2D eigenvalue weighted by molar-refractivity contribution is 6.03. The lowest BCUT2D eigenvalue weighted by Gasteiger charge is -2.19. The van der Waals surface area contributed by atoms with Gasteiger partial charge in [-0.25, -0.2) is 9.79 Å². The van der Waals surface area contributed by atoms with Gasteiger partial charge < -0.3 is 9.64 Å². The molecule has 1 aliphatic rings. The summed E-state index contributed by atoms with van der Waals surface area (Å²) in [6.45, 7) is 2.80. The van der Waals surface area contributed by atoms with E-state index in [0.29, 0.717) is 16.8 Å². The van der Waals surface area contributed by atoms with Gasteiger partial charge in [-0.05, 0) is 49.7 Å². The van der Waals surface area contributed by atoms with E-state index >= 15 is 0 Å². The number of esters is 1. The molecular weight excluding hydrogens is 314 g/mol. The van der Waals surface area contributed by atoms with Crippen molar-refractivity contribution in [3.8, 4) is 6.07 Å². The maximum atomic E-state index is 12.0. The minimum absolute atomic E-state index is 0.383. The number of anilines is 1. The number of aryl methyl sites for hydroxylation is 1. The zero-order valence-corrected chi connectivity index (χ0v) is 14.3. The van der Waals surface area contributed by atoms with E-state index in [1.807, 2.05) is 31.2 Å². The van der Waals surface area contributed by atoms with Crippen LogP contribution in [0.25, 0.3) is 0 Å². The van der Waals surface area contributed by atoms with Gasteiger partial charge in [0.05, 0.1) is 30.0 Å². The van der Waals surface area contributed by atoms with E-state index in [9.17, 15) is 4.79 Å². The summed E-state index contributed by atoms with van der Waals surface area (Å²) in [7, 11) is 1.38. The third-order valence-electron chi connectivity index (χ3n) is 4.21. The smallest absolute Gasteiger partial charge is 0.340 e. The van der Waals surface area contributed by atoms with Gasteiger partial charge in [0, 0.05) is 18.7 Å². The standard InChI is InChI=1S/C20H19N3O2/c1-14-5-10-18(17(12-14)20(24)25-2)22-19-4-3-11-23(19)16-8-6-15(13-21)7-9-16/h5-10,12H,3-4,11H2,1-2H3/b22-19+. The first-order chi connectivity index (χ1) is 12.1. The molecule has 1 heterocycles. The topological polar surface area (TPSA) is 65.7 Å². The average molecular weight is 333 g/mol. The molecule has 0 spiro atoms. The van der Waals surface area contributed by atoms with Gasteiger partial charge in [-0.1, -0.05) is 11.6 Å². The molecule has 126 valence electrons. The van der Waals surface area contributed by atoms with Crippen molar-refractivity contribution in [1.82, 2.24) is 0 Å². The third-order valence-corrected chi connectivity index (χ3v) is 4.21. The summed E-state index contributed by atoms with van der Waals surface area (Å²) < 4.78 is 4.88. The fourth-order valence-electron chi connectivity index (χ4n) is 2.93. The van der Waals surface area contributed by atoms with Gasteiger partial charge in [0.1, 0.15) is 5.84 Å². The van der Waals surface area contributed by atoms with Gasteiger partial charge in [-0.3, -0.25) is 0 Å². The predicted octanol–water partition coefficient (Wildman–Crippen LogP) is 3.98. The van der Waals surface area contributed by atoms with Crippen LogP contribution in [0.3, 0.4) is 0 Å². The quantitative estimate of drug-likeness (QED) is 0.797. The Balaban J connectivity index is 1.97. The van der Waals surface area contributed by atoms with E-state index < -0.39 is 0 Å². The summed E-state index contributed by atoms with van der Waals surface area (Å²) in [6.07, 6.45) is 1.84. The van der Waals surface area contributed by atoms with E-state index in [-0.39, 0.29) is 5.97 Å². The Hall–Kier alpha value is -3.13. The summed E-state index contributed by atoms with van der Waals surface area (Å²) >= 11 is 0. The third kappa shape index (κ3) is 3.53. The number of methoxy groups -OCH3 is 1. The molecule has 0 saturated carbocycles. The molecule has 0 unspecified atom stereocenters. The minimum atomic E-state index is -0.383. The normalized spacial score (nSPS) is 15.2. The van der Waals surface area contributed by atoms with Crippen LogP contribution in [-0.2, 0) is 4.74 Å². The van der Waals surface area contributed by atoms with Crippen molar-refractivity contribution < 1.29 is 9.53 Å². The summed E-state index contributed by atoms with van der Waals surface area (Å²) in [4.78, 5) is 18.9. The Morgan fingerprint density at radius 3 is 2.68 bits per heavy atom. The largest absolute Gasteiger partial charge is 0.465 e. The van der Waals surface area contributed by atoms with Crippen molar-refractivity contribution >= 4 is 23.2 Å². The van der Waals surface area contributed by atoms with E-state index in [0.717, 1.165) is 36.5 Å². The molecule has 3 rings (SSSR count). The van der Waals surface area contributed by atoms with Crippen LogP contribution in [0, 0.1) is 18.3 Å². The molecule has 0 radical (unpaired) electrons. The number of rotatable bonds is 3. The van der Waals surface area contributed by atoms with Crippen molar-refractivity contribution in [2.45, 2.75) is 19.8 Å². The van der Waals surface area contributed by atoms with E-state index in [1.54, 1.807) is 18.2 Å². The fourth-order valence-corrected chi connectivity index (χ4v) is 2.93. The molecule has 5 nitrogen and oxygen atoms in total. The molecule has 2 aromatic carbocycles. The highest BCUT2D eigenvalue weighted by Gasteiger charge is 2.21. The lowest BCUT2D eigenvalue weighted by atomic mass is 10.1. The second-order valence-electron chi connectivity index (χ2n) is 5.95. The van der Waals surface area contributed by atoms with Crippen LogP contribution < -0.4 is 4.90 Å². The number of carbonyl (C=O) groups is 1. The second-order valence-corrected chi connectivity index (χ2v) is 5.95. The van der Waals surface area contributed by atoms with Crippen molar-refractivity contribution in [3.63, 3.8) is 0 Å². The molecule has 1 fully saturated rings. The summed E-state index contributed by atoms with van der Waals surface area (Å²) in [5.41, 5.74) is 3.71. The van der Waals surface area contributed by atoms with Gasteiger partial charge in [-0.2, -0.15) is 5.26 Å². The molecule has 0 aromatic heterocycles. The molecule has 0 atom stereocenters. The predicted molar refractivity (Wildman–Crippen MR) is 97.4 cm³/mol. The first-order valence-corrected chi connectivity index (χ1v) is 8.16. The van der Waals surface area contributed by atoms with Crippen LogP contribution in [0.2, 0.25) is 0 Å². The molecular formula is C20H19N3O2. The van der Waals surface area contributed by atoms with E-state index in [1.165, 1.54) is 7.11 Å². The van der Waals surface area contributed by atoms with E-state index in [4.69, 9.17) is 15.0 Å². The lowest BCUT2D eigenvalue weighted by Crippen LogP contribution is -2.24. The van der Waals surface area contributed by atoms with Crippen LogP contribution in [0.5, 0.6) is 0 Å². The Labute approximate surface area is 147 Å². The summed E-state index contributed by atoms with van der Waals surface area (Å²) in [6, 6.07) is 15.2. The first-order valence-electron chi connectivity index (χ1n) is 8.16. The van der Waals surface area contributed by atoms with Crippen molar-refractivity contribution in [2.24, 2.45) is 4.99 Å². The molecule has 5 heteroatoms. The van der Waals surface area contributed by atoms with Gasteiger partial charge >= 0.3 is 5.97 Å². The maximum Gasteiger partial charge on any atom is 0.340 e. The fraction of sp³-hybridized carbons (Fsp3) is 0.250. The number of ether oxygens (including phenoxy) is 1. The number of nitriles is 1. The monoisotopic (exact) mass is 333 g/mol. The molecule has 1 aliphatic heterocycles. The number of hydrogen-bond acceptors (Lipinski definition) is 4. The van der Waals surface area contributed by atoms with E-state index in [2.05, 4.69) is 11.0 Å². The van der Waals surface area contributed by atoms with Crippen LogP contribution >= 0.6 is 0 Å². The molecule has 0 aliphatic carbocycles. The van der Waals surface area contributed by atoms with Crippen LogP contribution in [0.4, 0.5) is 11.4 Å². The van der Waals surface area contributed by atoms with Crippen molar-refractivity contribution in [2.75, 3.05) is 18.6 Å². The second kappa shape index (κ2) is 7.18. The Morgan fingerprint density at radius 2 is 2.00 bits per heavy atom. The van der Waals surface area contributed by atoms with Gasteiger partial charge in [0.25, 0.3) is 0 Å². The summed E-state index contributed by atoms with van der Waals surface area (Å²) in [5.74, 6) is 0.532. The summed E-state index contributed by atoms with van der Waals surface area (Å²) in [5, 5.41) is 8.94.